The van der Waals surface area contributed by atoms with Gasteiger partial charge in [-0.2, -0.15) is 0 Å². The molecule has 2 fully saturated rings. The number of anilines is 1. The van der Waals surface area contributed by atoms with Crippen molar-refractivity contribution in [2.45, 2.75) is 38.1 Å². The van der Waals surface area contributed by atoms with Gasteiger partial charge < -0.3 is 19.5 Å². The molecule has 0 radical (unpaired) electrons. The van der Waals surface area contributed by atoms with E-state index in [2.05, 4.69) is 25.1 Å². The Morgan fingerprint density at radius 2 is 1.89 bits per heavy atom. The lowest BCUT2D eigenvalue weighted by Gasteiger charge is -2.37. The number of hydrogen-bond acceptors (Lipinski definition) is 5. The van der Waals surface area contributed by atoms with Crippen molar-refractivity contribution in [1.29, 1.82) is 0 Å². The van der Waals surface area contributed by atoms with Gasteiger partial charge >= 0.3 is 0 Å². The zero-order valence-corrected chi connectivity index (χ0v) is 15.8. The normalized spacial score (nSPS) is 18.9. The first-order chi connectivity index (χ1) is 13.4. The van der Waals surface area contributed by atoms with Gasteiger partial charge in [0.2, 0.25) is 5.95 Å². The van der Waals surface area contributed by atoms with Crippen LogP contribution in [-0.2, 0) is 6.42 Å². The van der Waals surface area contributed by atoms with E-state index in [1.807, 2.05) is 18.2 Å². The largest absolute Gasteiger partial charge is 0.469 e. The van der Waals surface area contributed by atoms with Crippen LogP contribution in [0.15, 0.2) is 46.3 Å². The van der Waals surface area contributed by atoms with Crippen LogP contribution in [0.2, 0.25) is 0 Å². The van der Waals surface area contributed by atoms with Crippen LogP contribution in [0.4, 0.5) is 5.95 Å². The molecule has 1 N–H and O–H groups in total. The second kappa shape index (κ2) is 8.88. The molecule has 2 aliphatic rings. The van der Waals surface area contributed by atoms with Crippen LogP contribution < -0.4 is 10.2 Å². The molecule has 1 saturated carbocycles. The maximum atomic E-state index is 5.43. The van der Waals surface area contributed by atoms with Crippen LogP contribution in [0.5, 0.6) is 0 Å². The van der Waals surface area contributed by atoms with E-state index in [4.69, 9.17) is 9.41 Å². The Bertz CT molecular complexity index is 703. The second-order valence-electron chi connectivity index (χ2n) is 7.18. The number of aromatic nitrogens is 2. The molecule has 3 heterocycles. The molecule has 7 heteroatoms. The summed E-state index contributed by atoms with van der Waals surface area (Å²) >= 11 is 0. The van der Waals surface area contributed by atoms with Gasteiger partial charge in [-0.3, -0.25) is 4.99 Å². The quantitative estimate of drug-likeness (QED) is 0.645. The molecule has 1 saturated heterocycles. The monoisotopic (exact) mass is 368 g/mol. The van der Waals surface area contributed by atoms with Crippen molar-refractivity contribution >= 4 is 11.9 Å². The Balaban J connectivity index is 1.37. The molecule has 4 rings (SSSR count). The number of guanidine groups is 1. The minimum atomic E-state index is 0.558. The summed E-state index contributed by atoms with van der Waals surface area (Å²) < 4.78 is 5.43. The Labute approximate surface area is 160 Å². The van der Waals surface area contributed by atoms with E-state index >= 15 is 0 Å². The molecular formula is C20H28N6O. The molecule has 0 amide bonds. The fraction of sp³-hybridized carbons (Fsp3) is 0.550. The highest BCUT2D eigenvalue weighted by Gasteiger charge is 2.24. The number of rotatable bonds is 5. The van der Waals surface area contributed by atoms with E-state index < -0.39 is 0 Å². The van der Waals surface area contributed by atoms with Gasteiger partial charge in [0, 0.05) is 57.6 Å². The van der Waals surface area contributed by atoms with Crippen LogP contribution in [0.3, 0.4) is 0 Å². The first-order valence-corrected chi connectivity index (χ1v) is 9.99. The van der Waals surface area contributed by atoms with Crippen molar-refractivity contribution in [1.82, 2.24) is 20.2 Å². The topological polar surface area (TPSA) is 69.8 Å². The molecule has 1 aliphatic carbocycles. The van der Waals surface area contributed by atoms with Gasteiger partial charge in [-0.1, -0.05) is 12.8 Å². The lowest BCUT2D eigenvalue weighted by molar-refractivity contribution is 0.363. The lowest BCUT2D eigenvalue weighted by Crippen LogP contribution is -2.54. The average molecular weight is 368 g/mol. The van der Waals surface area contributed by atoms with E-state index in [-0.39, 0.29) is 0 Å². The third kappa shape index (κ3) is 4.78. The molecular weight excluding hydrogens is 340 g/mol. The highest BCUT2D eigenvalue weighted by atomic mass is 16.3. The number of aliphatic imine (C=N–C) groups is 1. The standard InChI is InChI=1S/C20H28N6O/c1-2-6-17(5-1)24-20(23-11-8-18-7-3-16-27-18)26-14-12-25(13-15-26)19-21-9-4-10-22-19/h3-4,7,9-10,16-17H,1-2,5-6,8,11-15H2,(H,23,24). The molecule has 0 bridgehead atoms. The molecule has 0 unspecified atom stereocenters. The maximum absolute atomic E-state index is 5.43. The van der Waals surface area contributed by atoms with Crippen LogP contribution >= 0.6 is 0 Å². The number of hydrogen-bond donors (Lipinski definition) is 1. The molecule has 0 atom stereocenters. The van der Waals surface area contributed by atoms with Gasteiger partial charge in [0.15, 0.2) is 5.96 Å². The third-order valence-electron chi connectivity index (χ3n) is 5.30. The molecule has 0 aromatic carbocycles. The summed E-state index contributed by atoms with van der Waals surface area (Å²) in [7, 11) is 0. The smallest absolute Gasteiger partial charge is 0.225 e. The van der Waals surface area contributed by atoms with Gasteiger partial charge in [-0.15, -0.1) is 0 Å². The second-order valence-corrected chi connectivity index (χ2v) is 7.18. The summed E-state index contributed by atoms with van der Waals surface area (Å²) in [4.78, 5) is 18.3. The van der Waals surface area contributed by atoms with Gasteiger partial charge in [-0.25, -0.2) is 9.97 Å². The Kier molecular flexibility index (Phi) is 5.86. The lowest BCUT2D eigenvalue weighted by atomic mass is 10.2. The Hall–Kier alpha value is -2.57. The van der Waals surface area contributed by atoms with Crippen LogP contribution in [0, 0.1) is 0 Å². The van der Waals surface area contributed by atoms with Crippen molar-refractivity contribution in [2.24, 2.45) is 4.99 Å². The van der Waals surface area contributed by atoms with E-state index in [0.29, 0.717) is 6.04 Å². The first kappa shape index (κ1) is 17.8. The number of nitrogens with one attached hydrogen (secondary N) is 1. The zero-order chi connectivity index (χ0) is 18.3. The van der Waals surface area contributed by atoms with E-state index in [0.717, 1.165) is 56.8 Å². The van der Waals surface area contributed by atoms with Crippen molar-refractivity contribution in [2.75, 3.05) is 37.6 Å². The molecule has 0 spiro atoms. The average Bonchev–Trinajstić information content (AvgIpc) is 3.42. The fourth-order valence-electron chi connectivity index (χ4n) is 3.79. The minimum absolute atomic E-state index is 0.558. The summed E-state index contributed by atoms with van der Waals surface area (Å²) in [5.74, 6) is 2.85. The molecule has 2 aromatic heterocycles. The van der Waals surface area contributed by atoms with E-state index in [1.54, 1.807) is 18.7 Å². The Morgan fingerprint density at radius 1 is 1.11 bits per heavy atom. The summed E-state index contributed by atoms with van der Waals surface area (Å²) in [6.07, 6.45) is 11.3. The van der Waals surface area contributed by atoms with E-state index in [9.17, 15) is 0 Å². The third-order valence-corrected chi connectivity index (χ3v) is 5.30. The highest BCUT2D eigenvalue weighted by molar-refractivity contribution is 5.80. The van der Waals surface area contributed by atoms with Crippen LogP contribution in [0.25, 0.3) is 0 Å². The number of piperazine rings is 1. The molecule has 2 aromatic rings. The number of nitrogens with zero attached hydrogens (tertiary/aromatic N) is 5. The SMILES string of the molecule is c1cnc(N2CCN(C(=NCCc3ccco3)NC3CCCC3)CC2)nc1. The Morgan fingerprint density at radius 3 is 2.59 bits per heavy atom. The summed E-state index contributed by atoms with van der Waals surface area (Å²) in [6.45, 7) is 4.42. The predicted octanol–water partition coefficient (Wildman–Crippen LogP) is 2.32. The van der Waals surface area contributed by atoms with Crippen molar-refractivity contribution in [3.8, 4) is 0 Å². The summed E-state index contributed by atoms with van der Waals surface area (Å²) in [6, 6.07) is 6.36. The van der Waals surface area contributed by atoms with Gasteiger partial charge in [0.1, 0.15) is 5.76 Å². The van der Waals surface area contributed by atoms with Gasteiger partial charge in [0.05, 0.1) is 6.26 Å². The first-order valence-electron chi connectivity index (χ1n) is 9.99. The summed E-state index contributed by atoms with van der Waals surface area (Å²) in [5, 5.41) is 3.72. The van der Waals surface area contributed by atoms with Crippen molar-refractivity contribution in [3.05, 3.63) is 42.6 Å². The van der Waals surface area contributed by atoms with Gasteiger partial charge in [-0.05, 0) is 31.0 Å². The molecule has 7 nitrogen and oxygen atoms in total. The predicted molar refractivity (Wildman–Crippen MR) is 106 cm³/mol. The van der Waals surface area contributed by atoms with Crippen LogP contribution in [0.1, 0.15) is 31.4 Å². The van der Waals surface area contributed by atoms with E-state index in [1.165, 1.54) is 25.7 Å². The highest BCUT2D eigenvalue weighted by Crippen LogP contribution is 2.18. The van der Waals surface area contributed by atoms with Crippen LogP contribution in [-0.4, -0.2) is 59.6 Å². The van der Waals surface area contributed by atoms with Gasteiger partial charge in [0.25, 0.3) is 0 Å². The molecule has 27 heavy (non-hydrogen) atoms. The summed E-state index contributed by atoms with van der Waals surface area (Å²) in [5.41, 5.74) is 0. The zero-order valence-electron chi connectivity index (χ0n) is 15.8. The number of furan rings is 1. The minimum Gasteiger partial charge on any atom is -0.469 e. The maximum Gasteiger partial charge on any atom is 0.225 e. The molecule has 1 aliphatic heterocycles. The molecule has 144 valence electrons. The van der Waals surface area contributed by atoms with Crippen molar-refractivity contribution in [3.63, 3.8) is 0 Å². The van der Waals surface area contributed by atoms with Crippen molar-refractivity contribution < 1.29 is 4.42 Å². The fourth-order valence-corrected chi connectivity index (χ4v) is 3.79.